The number of hydrogen-bond donors (Lipinski definition) is 1. The largest absolute Gasteiger partial charge is 0.494 e. The SMILES string of the molecule is CNC(=O)[C@H](C)N(Cc1c(Cl)cccc1Cl)C(=O)CCCOc1ccccc1. The van der Waals surface area contributed by atoms with Crippen LogP contribution in [0.5, 0.6) is 5.75 Å². The Balaban J connectivity index is 2.03. The van der Waals surface area contributed by atoms with Gasteiger partial charge in [0.2, 0.25) is 11.8 Å². The molecule has 7 heteroatoms. The second-order valence-electron chi connectivity index (χ2n) is 6.28. The molecule has 0 aliphatic carbocycles. The van der Waals surface area contributed by atoms with E-state index in [1.807, 2.05) is 30.3 Å². The maximum absolute atomic E-state index is 12.8. The summed E-state index contributed by atoms with van der Waals surface area (Å²) in [5.74, 6) is 0.342. The molecule has 28 heavy (non-hydrogen) atoms. The van der Waals surface area contributed by atoms with Gasteiger partial charge in [-0.15, -0.1) is 0 Å². The molecule has 5 nitrogen and oxygen atoms in total. The van der Waals surface area contributed by atoms with E-state index in [2.05, 4.69) is 5.32 Å². The molecule has 0 saturated heterocycles. The molecule has 0 unspecified atom stereocenters. The first-order valence-corrected chi connectivity index (χ1v) is 9.81. The van der Waals surface area contributed by atoms with Crippen molar-refractivity contribution in [2.45, 2.75) is 32.4 Å². The monoisotopic (exact) mass is 422 g/mol. The lowest BCUT2D eigenvalue weighted by molar-refractivity contribution is -0.140. The zero-order valence-corrected chi connectivity index (χ0v) is 17.5. The molecule has 0 bridgehead atoms. The number of hydrogen-bond acceptors (Lipinski definition) is 3. The van der Waals surface area contributed by atoms with E-state index < -0.39 is 6.04 Å². The van der Waals surface area contributed by atoms with Gasteiger partial charge in [0, 0.05) is 35.6 Å². The minimum absolute atomic E-state index is 0.158. The molecule has 0 aliphatic rings. The van der Waals surface area contributed by atoms with Crippen molar-refractivity contribution in [3.8, 4) is 5.75 Å². The van der Waals surface area contributed by atoms with Crippen LogP contribution in [0, 0.1) is 0 Å². The molecule has 2 aromatic rings. The van der Waals surface area contributed by atoms with E-state index in [1.54, 1.807) is 25.1 Å². The highest BCUT2D eigenvalue weighted by Gasteiger charge is 2.26. The number of carbonyl (C=O) groups excluding carboxylic acids is 2. The molecule has 1 atom stereocenters. The van der Waals surface area contributed by atoms with E-state index in [-0.39, 0.29) is 24.8 Å². The number of para-hydroxylation sites is 1. The van der Waals surface area contributed by atoms with E-state index in [1.165, 1.54) is 11.9 Å². The van der Waals surface area contributed by atoms with Crippen molar-refractivity contribution in [1.29, 1.82) is 0 Å². The molecule has 0 aromatic heterocycles. The Labute approximate surface area is 175 Å². The molecular formula is C21H24Cl2N2O3. The molecule has 1 N–H and O–H groups in total. The predicted octanol–water partition coefficient (Wildman–Crippen LogP) is 4.32. The minimum atomic E-state index is -0.653. The van der Waals surface area contributed by atoms with Gasteiger partial charge in [-0.2, -0.15) is 0 Å². The molecule has 0 saturated carbocycles. The summed E-state index contributed by atoms with van der Waals surface area (Å²) in [6, 6.07) is 13.9. The van der Waals surface area contributed by atoms with E-state index in [0.29, 0.717) is 28.6 Å². The van der Waals surface area contributed by atoms with Crippen LogP contribution in [-0.4, -0.2) is 36.4 Å². The number of benzene rings is 2. The maximum atomic E-state index is 12.8. The lowest BCUT2D eigenvalue weighted by Crippen LogP contribution is -2.46. The summed E-state index contributed by atoms with van der Waals surface area (Å²) in [5.41, 5.74) is 0.621. The summed E-state index contributed by atoms with van der Waals surface area (Å²) in [6.45, 7) is 2.25. The van der Waals surface area contributed by atoms with Gasteiger partial charge in [0.25, 0.3) is 0 Å². The number of nitrogens with one attached hydrogen (secondary N) is 1. The number of ether oxygens (including phenoxy) is 1. The van der Waals surface area contributed by atoms with Crippen LogP contribution in [0.25, 0.3) is 0 Å². The van der Waals surface area contributed by atoms with Crippen molar-refractivity contribution in [3.05, 3.63) is 64.1 Å². The summed E-state index contributed by atoms with van der Waals surface area (Å²) in [4.78, 5) is 26.5. The lowest BCUT2D eigenvalue weighted by atomic mass is 10.1. The van der Waals surface area contributed by atoms with E-state index >= 15 is 0 Å². The van der Waals surface area contributed by atoms with Crippen LogP contribution in [0.15, 0.2) is 48.5 Å². The van der Waals surface area contributed by atoms with Crippen LogP contribution in [0.1, 0.15) is 25.3 Å². The fraction of sp³-hybridized carbons (Fsp3) is 0.333. The zero-order chi connectivity index (χ0) is 20.5. The molecule has 0 aliphatic heterocycles. The number of nitrogens with zero attached hydrogens (tertiary/aromatic N) is 1. The first-order valence-electron chi connectivity index (χ1n) is 9.05. The van der Waals surface area contributed by atoms with Crippen LogP contribution < -0.4 is 10.1 Å². The Morgan fingerprint density at radius 2 is 1.71 bits per heavy atom. The zero-order valence-electron chi connectivity index (χ0n) is 16.0. The molecule has 0 fully saturated rings. The Hall–Kier alpha value is -2.24. The van der Waals surface area contributed by atoms with Gasteiger partial charge in [0.1, 0.15) is 11.8 Å². The third-order valence-electron chi connectivity index (χ3n) is 4.35. The average molecular weight is 423 g/mol. The van der Waals surface area contributed by atoms with Crippen LogP contribution in [0.4, 0.5) is 0 Å². The molecule has 0 spiro atoms. The third kappa shape index (κ3) is 6.14. The van der Waals surface area contributed by atoms with Gasteiger partial charge < -0.3 is 15.0 Å². The van der Waals surface area contributed by atoms with Gasteiger partial charge in [0.15, 0.2) is 0 Å². The predicted molar refractivity (Wildman–Crippen MR) is 112 cm³/mol. The molecule has 2 amide bonds. The fourth-order valence-corrected chi connectivity index (χ4v) is 3.24. The normalized spacial score (nSPS) is 11.6. The quantitative estimate of drug-likeness (QED) is 0.612. The second kappa shape index (κ2) is 10.9. The smallest absolute Gasteiger partial charge is 0.242 e. The number of rotatable bonds is 9. The van der Waals surface area contributed by atoms with Crippen molar-refractivity contribution < 1.29 is 14.3 Å². The molecule has 0 heterocycles. The molecule has 0 radical (unpaired) electrons. The van der Waals surface area contributed by atoms with E-state index in [0.717, 1.165) is 5.75 Å². The van der Waals surface area contributed by atoms with E-state index in [4.69, 9.17) is 27.9 Å². The highest BCUT2D eigenvalue weighted by atomic mass is 35.5. The topological polar surface area (TPSA) is 58.6 Å². The van der Waals surface area contributed by atoms with Crippen LogP contribution in [0.3, 0.4) is 0 Å². The molecule has 2 aromatic carbocycles. The third-order valence-corrected chi connectivity index (χ3v) is 5.06. The average Bonchev–Trinajstić information content (AvgIpc) is 2.70. The Morgan fingerprint density at radius 3 is 2.32 bits per heavy atom. The van der Waals surface area contributed by atoms with Crippen molar-refractivity contribution >= 4 is 35.0 Å². The van der Waals surface area contributed by atoms with Crippen LogP contribution >= 0.6 is 23.2 Å². The summed E-state index contributed by atoms with van der Waals surface area (Å²) < 4.78 is 5.63. The summed E-state index contributed by atoms with van der Waals surface area (Å²) in [6.07, 6.45) is 0.775. The van der Waals surface area contributed by atoms with Crippen molar-refractivity contribution in [3.63, 3.8) is 0 Å². The molecule has 150 valence electrons. The van der Waals surface area contributed by atoms with Gasteiger partial charge in [-0.25, -0.2) is 0 Å². The maximum Gasteiger partial charge on any atom is 0.242 e. The van der Waals surface area contributed by atoms with Crippen LogP contribution in [0.2, 0.25) is 10.0 Å². The second-order valence-corrected chi connectivity index (χ2v) is 7.09. The number of amides is 2. The Kier molecular flexibility index (Phi) is 8.61. The lowest BCUT2D eigenvalue weighted by Gasteiger charge is -2.29. The Morgan fingerprint density at radius 1 is 1.07 bits per heavy atom. The standard InChI is InChI=1S/C21H24Cl2N2O3/c1-15(21(27)24-2)25(14-17-18(22)10-6-11-19(17)23)20(26)12-7-13-28-16-8-4-3-5-9-16/h3-6,8-11,15H,7,12-14H2,1-2H3,(H,24,27)/t15-/m0/s1. The summed E-state index contributed by atoms with van der Waals surface area (Å²) >= 11 is 12.5. The van der Waals surface area contributed by atoms with Crippen molar-refractivity contribution in [2.75, 3.05) is 13.7 Å². The Bertz CT molecular complexity index is 779. The van der Waals surface area contributed by atoms with Gasteiger partial charge in [-0.3, -0.25) is 9.59 Å². The number of likely N-dealkylation sites (N-methyl/N-ethyl adjacent to an activating group) is 1. The number of carbonyl (C=O) groups is 2. The molecular weight excluding hydrogens is 399 g/mol. The van der Waals surface area contributed by atoms with Crippen LogP contribution in [-0.2, 0) is 16.1 Å². The van der Waals surface area contributed by atoms with Crippen molar-refractivity contribution in [2.24, 2.45) is 0 Å². The van der Waals surface area contributed by atoms with Crippen molar-refractivity contribution in [1.82, 2.24) is 10.2 Å². The van der Waals surface area contributed by atoms with E-state index in [9.17, 15) is 9.59 Å². The highest BCUT2D eigenvalue weighted by Crippen LogP contribution is 2.26. The number of halogens is 2. The fourth-order valence-electron chi connectivity index (χ4n) is 2.72. The summed E-state index contributed by atoms with van der Waals surface area (Å²) in [5, 5.41) is 3.50. The van der Waals surface area contributed by atoms with Gasteiger partial charge >= 0.3 is 0 Å². The molecule has 2 rings (SSSR count). The van der Waals surface area contributed by atoms with Gasteiger partial charge in [0.05, 0.1) is 6.61 Å². The van der Waals surface area contributed by atoms with Gasteiger partial charge in [-0.1, -0.05) is 47.5 Å². The minimum Gasteiger partial charge on any atom is -0.494 e. The first-order chi connectivity index (χ1) is 13.4. The summed E-state index contributed by atoms with van der Waals surface area (Å²) in [7, 11) is 1.54. The first kappa shape index (κ1) is 22.1. The highest BCUT2D eigenvalue weighted by molar-refractivity contribution is 6.36. The van der Waals surface area contributed by atoms with Gasteiger partial charge in [-0.05, 0) is 37.6 Å².